The van der Waals surface area contributed by atoms with Crippen LogP contribution < -0.4 is 9.47 Å². The zero-order chi connectivity index (χ0) is 18.6. The first-order chi connectivity index (χ1) is 11.8. The molecule has 2 rings (SSSR count). The lowest BCUT2D eigenvalue weighted by Crippen LogP contribution is -2.41. The van der Waals surface area contributed by atoms with E-state index in [1.165, 1.54) is 19.9 Å². The Labute approximate surface area is 147 Å². The molecule has 0 bridgehead atoms. The SMILES string of the molecule is CCOc1cc(C=C2C(=O)OC(C)(C)OC2=O)ccc1OC(C)CC. The fourth-order valence-electron chi connectivity index (χ4n) is 2.23. The molecule has 0 N–H and O–H groups in total. The number of esters is 2. The Morgan fingerprint density at radius 3 is 2.32 bits per heavy atom. The van der Waals surface area contributed by atoms with Crippen LogP contribution in [0.5, 0.6) is 11.5 Å². The molecule has 0 radical (unpaired) electrons. The van der Waals surface area contributed by atoms with Gasteiger partial charge in [0.15, 0.2) is 11.5 Å². The maximum absolute atomic E-state index is 12.0. The molecule has 0 amide bonds. The number of hydrogen-bond donors (Lipinski definition) is 0. The molecule has 1 heterocycles. The Kier molecular flexibility index (Phi) is 5.72. The number of rotatable bonds is 6. The molecule has 136 valence electrons. The van der Waals surface area contributed by atoms with Gasteiger partial charge in [0, 0.05) is 13.8 Å². The van der Waals surface area contributed by atoms with E-state index in [4.69, 9.17) is 18.9 Å². The molecule has 0 spiro atoms. The van der Waals surface area contributed by atoms with Crippen molar-refractivity contribution in [1.29, 1.82) is 0 Å². The Hall–Kier alpha value is -2.50. The molecule has 1 fully saturated rings. The van der Waals surface area contributed by atoms with Crippen molar-refractivity contribution >= 4 is 18.0 Å². The number of ether oxygens (including phenoxy) is 4. The van der Waals surface area contributed by atoms with Crippen LogP contribution in [0, 0.1) is 0 Å². The zero-order valence-corrected chi connectivity index (χ0v) is 15.3. The molecule has 0 aromatic heterocycles. The van der Waals surface area contributed by atoms with Crippen LogP contribution in [0.15, 0.2) is 23.8 Å². The molecule has 1 aliphatic rings. The molecule has 1 saturated heterocycles. The lowest BCUT2D eigenvalue weighted by molar-refractivity contribution is -0.222. The van der Waals surface area contributed by atoms with Gasteiger partial charge in [0.2, 0.25) is 0 Å². The molecule has 1 aromatic carbocycles. The largest absolute Gasteiger partial charge is 0.490 e. The normalized spacial score (nSPS) is 17.4. The summed E-state index contributed by atoms with van der Waals surface area (Å²) in [6, 6.07) is 5.22. The summed E-state index contributed by atoms with van der Waals surface area (Å²) >= 11 is 0. The van der Waals surface area contributed by atoms with Crippen LogP contribution in [0.2, 0.25) is 0 Å². The first-order valence-electron chi connectivity index (χ1n) is 8.37. The summed E-state index contributed by atoms with van der Waals surface area (Å²) in [7, 11) is 0. The van der Waals surface area contributed by atoms with E-state index < -0.39 is 17.7 Å². The van der Waals surface area contributed by atoms with Crippen molar-refractivity contribution in [3.63, 3.8) is 0 Å². The van der Waals surface area contributed by atoms with Crippen LogP contribution in [-0.4, -0.2) is 30.4 Å². The van der Waals surface area contributed by atoms with Gasteiger partial charge < -0.3 is 18.9 Å². The predicted molar refractivity (Wildman–Crippen MR) is 92.2 cm³/mol. The van der Waals surface area contributed by atoms with E-state index in [1.807, 2.05) is 20.8 Å². The summed E-state index contributed by atoms with van der Waals surface area (Å²) in [5, 5.41) is 0. The average Bonchev–Trinajstić information content (AvgIpc) is 2.52. The maximum Gasteiger partial charge on any atom is 0.348 e. The quantitative estimate of drug-likeness (QED) is 0.445. The summed E-state index contributed by atoms with van der Waals surface area (Å²) in [6.45, 7) is 9.36. The summed E-state index contributed by atoms with van der Waals surface area (Å²) in [5.41, 5.74) is 0.459. The second kappa shape index (κ2) is 7.59. The van der Waals surface area contributed by atoms with E-state index in [9.17, 15) is 9.59 Å². The first kappa shape index (κ1) is 18.8. The Balaban J connectivity index is 2.32. The van der Waals surface area contributed by atoms with Gasteiger partial charge in [-0.2, -0.15) is 0 Å². The Bertz CT molecular complexity index is 667. The van der Waals surface area contributed by atoms with E-state index in [0.717, 1.165) is 6.42 Å². The highest BCUT2D eigenvalue weighted by molar-refractivity contribution is 6.18. The molecule has 6 nitrogen and oxygen atoms in total. The van der Waals surface area contributed by atoms with Crippen molar-refractivity contribution in [2.24, 2.45) is 0 Å². The third kappa shape index (κ3) is 4.75. The first-order valence-corrected chi connectivity index (χ1v) is 8.37. The smallest absolute Gasteiger partial charge is 0.348 e. The highest BCUT2D eigenvalue weighted by Crippen LogP contribution is 2.31. The van der Waals surface area contributed by atoms with Gasteiger partial charge in [-0.3, -0.25) is 0 Å². The molecule has 0 saturated carbocycles. The minimum Gasteiger partial charge on any atom is -0.490 e. The fourth-order valence-corrected chi connectivity index (χ4v) is 2.23. The van der Waals surface area contributed by atoms with Crippen molar-refractivity contribution in [1.82, 2.24) is 0 Å². The number of hydrogen-bond acceptors (Lipinski definition) is 6. The van der Waals surface area contributed by atoms with E-state index in [-0.39, 0.29) is 11.7 Å². The van der Waals surface area contributed by atoms with Crippen LogP contribution in [0.25, 0.3) is 6.08 Å². The van der Waals surface area contributed by atoms with Crippen LogP contribution >= 0.6 is 0 Å². The van der Waals surface area contributed by atoms with Gasteiger partial charge in [0.25, 0.3) is 5.79 Å². The zero-order valence-electron chi connectivity index (χ0n) is 15.3. The molecular weight excluding hydrogens is 324 g/mol. The third-order valence-electron chi connectivity index (χ3n) is 3.60. The second-order valence-corrected chi connectivity index (χ2v) is 6.21. The van der Waals surface area contributed by atoms with Gasteiger partial charge in [-0.15, -0.1) is 0 Å². The molecule has 1 aromatic rings. The summed E-state index contributed by atoms with van der Waals surface area (Å²) in [6.07, 6.45) is 2.34. The molecule has 6 heteroatoms. The topological polar surface area (TPSA) is 71.1 Å². The van der Waals surface area contributed by atoms with Crippen molar-refractivity contribution in [2.75, 3.05) is 6.61 Å². The van der Waals surface area contributed by atoms with E-state index in [1.54, 1.807) is 18.2 Å². The average molecular weight is 348 g/mol. The van der Waals surface area contributed by atoms with E-state index in [2.05, 4.69) is 0 Å². The molecule has 25 heavy (non-hydrogen) atoms. The minimum absolute atomic E-state index is 0.0499. The van der Waals surface area contributed by atoms with E-state index in [0.29, 0.717) is 23.7 Å². The van der Waals surface area contributed by atoms with Gasteiger partial charge in [-0.25, -0.2) is 9.59 Å². The molecule has 1 aliphatic heterocycles. The fraction of sp³-hybridized carbons (Fsp3) is 0.474. The van der Waals surface area contributed by atoms with Crippen molar-refractivity contribution in [2.45, 2.75) is 52.9 Å². The number of carbonyl (C=O) groups is 2. The highest BCUT2D eigenvalue weighted by atomic mass is 16.7. The molecular formula is C19H24O6. The molecule has 0 aliphatic carbocycles. The number of cyclic esters (lactones) is 2. The van der Waals surface area contributed by atoms with Crippen molar-refractivity contribution in [3.05, 3.63) is 29.3 Å². The highest BCUT2D eigenvalue weighted by Gasteiger charge is 2.38. The Morgan fingerprint density at radius 1 is 1.12 bits per heavy atom. The predicted octanol–water partition coefficient (Wildman–Crippen LogP) is 3.48. The third-order valence-corrected chi connectivity index (χ3v) is 3.60. The van der Waals surface area contributed by atoms with Crippen LogP contribution in [0.3, 0.4) is 0 Å². The monoisotopic (exact) mass is 348 g/mol. The number of carbonyl (C=O) groups excluding carboxylic acids is 2. The second-order valence-electron chi connectivity index (χ2n) is 6.21. The van der Waals surface area contributed by atoms with E-state index >= 15 is 0 Å². The van der Waals surface area contributed by atoms with Crippen molar-refractivity contribution in [3.8, 4) is 11.5 Å². The van der Waals surface area contributed by atoms with Gasteiger partial charge in [0.05, 0.1) is 12.7 Å². The summed E-state index contributed by atoms with van der Waals surface area (Å²) in [4.78, 5) is 24.1. The van der Waals surface area contributed by atoms with Gasteiger partial charge in [0.1, 0.15) is 5.57 Å². The lowest BCUT2D eigenvalue weighted by Gasteiger charge is -2.29. The standard InChI is InChI=1S/C19H24O6/c1-6-12(3)23-15-9-8-13(11-16(15)22-7-2)10-14-17(20)24-19(4,5)25-18(14)21/h8-12H,6-7H2,1-5H3. The van der Waals surface area contributed by atoms with Gasteiger partial charge >= 0.3 is 11.9 Å². The van der Waals surface area contributed by atoms with Crippen LogP contribution in [-0.2, 0) is 19.1 Å². The molecule has 1 unspecified atom stereocenters. The minimum atomic E-state index is -1.25. The number of benzene rings is 1. The summed E-state index contributed by atoms with van der Waals surface area (Å²) in [5.74, 6) is -1.50. The summed E-state index contributed by atoms with van der Waals surface area (Å²) < 4.78 is 21.6. The lowest BCUT2D eigenvalue weighted by atomic mass is 10.1. The van der Waals surface area contributed by atoms with Crippen molar-refractivity contribution < 1.29 is 28.5 Å². The van der Waals surface area contributed by atoms with Crippen LogP contribution in [0.4, 0.5) is 0 Å². The van der Waals surface area contributed by atoms with Crippen LogP contribution in [0.1, 0.15) is 46.6 Å². The maximum atomic E-state index is 12.0. The Morgan fingerprint density at radius 2 is 1.76 bits per heavy atom. The molecule has 1 atom stereocenters. The van der Waals surface area contributed by atoms with Gasteiger partial charge in [-0.1, -0.05) is 13.0 Å². The van der Waals surface area contributed by atoms with Gasteiger partial charge in [-0.05, 0) is 44.0 Å².